The van der Waals surface area contributed by atoms with E-state index in [0.29, 0.717) is 0 Å². The molecule has 2 N–H and O–H groups in total. The largest absolute Gasteiger partial charge is 0.313 e. The molecule has 1 aromatic rings. The van der Waals surface area contributed by atoms with Crippen LogP contribution in [0.4, 0.5) is 5.69 Å². The van der Waals surface area contributed by atoms with E-state index in [9.17, 15) is 18.5 Å². The summed E-state index contributed by atoms with van der Waals surface area (Å²) in [5.41, 5.74) is -0.408. The molecule has 0 saturated carbocycles. The quantitative estimate of drug-likeness (QED) is 0.643. The van der Waals surface area contributed by atoms with Crippen LogP contribution in [0, 0.1) is 16.0 Å². The Hall–Kier alpha value is -1.51. The summed E-state index contributed by atoms with van der Waals surface area (Å²) < 4.78 is 27.6. The average Bonchev–Trinajstić information content (AvgIpc) is 2.43. The number of hydrogen-bond acceptors (Lipinski definition) is 5. The zero-order chi connectivity index (χ0) is 15.6. The van der Waals surface area contributed by atoms with E-state index in [1.165, 1.54) is 24.3 Å². The van der Waals surface area contributed by atoms with Crippen LogP contribution in [0.2, 0.25) is 0 Å². The minimum atomic E-state index is -3.93. The van der Waals surface area contributed by atoms with Crippen LogP contribution in [0.5, 0.6) is 0 Å². The number of nitrogens with one attached hydrogen (secondary N) is 2. The first-order chi connectivity index (χ1) is 9.83. The standard InChI is InChI=1S/C13H19N3O4S/c1-9-7-8-14-10(2)13(9)15-21(19,20)12-6-4-3-5-11(12)16(17)18/h3-6,9-10,13-15H,7-8H2,1-2H3. The SMILES string of the molecule is CC1CCNC(C)C1NS(=O)(=O)c1ccccc1[N+](=O)[O-]. The molecule has 8 heteroatoms. The van der Waals surface area contributed by atoms with Crippen molar-refractivity contribution in [3.8, 4) is 0 Å². The molecule has 1 aliphatic heterocycles. The number of rotatable bonds is 4. The minimum Gasteiger partial charge on any atom is -0.313 e. The van der Waals surface area contributed by atoms with Crippen LogP contribution < -0.4 is 10.0 Å². The van der Waals surface area contributed by atoms with Gasteiger partial charge in [0.25, 0.3) is 5.69 Å². The molecule has 1 heterocycles. The average molecular weight is 313 g/mol. The van der Waals surface area contributed by atoms with E-state index < -0.39 is 20.6 Å². The molecule has 0 bridgehead atoms. The Balaban J connectivity index is 2.32. The van der Waals surface area contributed by atoms with Crippen molar-refractivity contribution in [3.05, 3.63) is 34.4 Å². The number of hydrogen-bond donors (Lipinski definition) is 2. The van der Waals surface area contributed by atoms with Crippen LogP contribution in [0.1, 0.15) is 20.3 Å². The third kappa shape index (κ3) is 3.39. The molecular weight excluding hydrogens is 294 g/mol. The van der Waals surface area contributed by atoms with Crippen molar-refractivity contribution in [2.75, 3.05) is 6.54 Å². The second-order valence-corrected chi connectivity index (χ2v) is 7.06. The number of sulfonamides is 1. The number of para-hydroxylation sites is 1. The van der Waals surface area contributed by atoms with Gasteiger partial charge in [-0.05, 0) is 31.9 Å². The highest BCUT2D eigenvalue weighted by Gasteiger charge is 2.34. The smallest absolute Gasteiger partial charge is 0.289 e. The van der Waals surface area contributed by atoms with E-state index in [2.05, 4.69) is 10.0 Å². The van der Waals surface area contributed by atoms with Gasteiger partial charge < -0.3 is 5.32 Å². The van der Waals surface area contributed by atoms with Gasteiger partial charge in [0.05, 0.1) is 4.92 Å². The summed E-state index contributed by atoms with van der Waals surface area (Å²) in [6, 6.07) is 5.07. The number of piperidine rings is 1. The van der Waals surface area contributed by atoms with Crippen LogP contribution >= 0.6 is 0 Å². The van der Waals surface area contributed by atoms with E-state index in [0.717, 1.165) is 13.0 Å². The summed E-state index contributed by atoms with van der Waals surface area (Å²) in [4.78, 5) is 10.0. The molecule has 3 unspecified atom stereocenters. The molecule has 1 fully saturated rings. The first-order valence-electron chi connectivity index (χ1n) is 6.82. The summed E-state index contributed by atoms with van der Waals surface area (Å²) >= 11 is 0. The van der Waals surface area contributed by atoms with Gasteiger partial charge in [-0.1, -0.05) is 19.1 Å². The van der Waals surface area contributed by atoms with Crippen molar-refractivity contribution in [2.24, 2.45) is 5.92 Å². The molecular formula is C13H19N3O4S. The molecule has 0 spiro atoms. The Labute approximate surface area is 123 Å². The number of nitro groups is 1. The zero-order valence-electron chi connectivity index (χ0n) is 11.9. The van der Waals surface area contributed by atoms with Crippen molar-refractivity contribution < 1.29 is 13.3 Å². The van der Waals surface area contributed by atoms with Crippen molar-refractivity contribution in [3.63, 3.8) is 0 Å². The second kappa shape index (κ2) is 6.08. The van der Waals surface area contributed by atoms with Gasteiger partial charge in [-0.3, -0.25) is 10.1 Å². The Morgan fingerprint density at radius 3 is 2.62 bits per heavy atom. The van der Waals surface area contributed by atoms with Crippen LogP contribution in [-0.4, -0.2) is 32.0 Å². The summed E-state index contributed by atoms with van der Waals surface area (Å²) in [5, 5.41) is 14.2. The molecule has 7 nitrogen and oxygen atoms in total. The lowest BCUT2D eigenvalue weighted by molar-refractivity contribution is -0.387. The van der Waals surface area contributed by atoms with Gasteiger partial charge in [0, 0.05) is 18.2 Å². The minimum absolute atomic E-state index is 0.0220. The fourth-order valence-corrected chi connectivity index (χ4v) is 4.23. The van der Waals surface area contributed by atoms with E-state index >= 15 is 0 Å². The summed E-state index contributed by atoms with van der Waals surface area (Å²) in [6.07, 6.45) is 0.856. The monoisotopic (exact) mass is 313 g/mol. The molecule has 1 saturated heterocycles. The number of nitro benzene ring substituents is 1. The molecule has 2 rings (SSSR count). The van der Waals surface area contributed by atoms with Gasteiger partial charge in [0.1, 0.15) is 0 Å². The van der Waals surface area contributed by atoms with Gasteiger partial charge in [0.2, 0.25) is 10.0 Å². The Bertz CT molecular complexity index is 622. The Morgan fingerprint density at radius 1 is 1.33 bits per heavy atom. The van der Waals surface area contributed by atoms with Crippen LogP contribution in [0.3, 0.4) is 0 Å². The topological polar surface area (TPSA) is 101 Å². The highest BCUT2D eigenvalue weighted by molar-refractivity contribution is 7.89. The van der Waals surface area contributed by atoms with Crippen LogP contribution in [-0.2, 0) is 10.0 Å². The summed E-state index contributed by atoms with van der Waals surface area (Å²) in [5.74, 6) is 0.166. The highest BCUT2D eigenvalue weighted by Crippen LogP contribution is 2.25. The van der Waals surface area contributed by atoms with Crippen molar-refractivity contribution in [2.45, 2.75) is 37.2 Å². The van der Waals surface area contributed by atoms with Gasteiger partial charge >= 0.3 is 0 Å². The predicted molar refractivity (Wildman–Crippen MR) is 78.5 cm³/mol. The van der Waals surface area contributed by atoms with Crippen molar-refractivity contribution in [1.29, 1.82) is 0 Å². The molecule has 0 radical (unpaired) electrons. The van der Waals surface area contributed by atoms with E-state index in [1.807, 2.05) is 13.8 Å². The summed E-state index contributed by atoms with van der Waals surface area (Å²) in [7, 11) is -3.93. The third-order valence-corrected chi connectivity index (χ3v) is 5.37. The Kier molecular flexibility index (Phi) is 4.60. The molecule has 1 aliphatic rings. The lowest BCUT2D eigenvalue weighted by Crippen LogP contribution is -2.55. The fourth-order valence-electron chi connectivity index (χ4n) is 2.63. The first kappa shape index (κ1) is 15.9. The van der Waals surface area contributed by atoms with E-state index in [-0.39, 0.29) is 22.9 Å². The molecule has 21 heavy (non-hydrogen) atoms. The maximum Gasteiger partial charge on any atom is 0.289 e. The molecule has 116 valence electrons. The van der Waals surface area contributed by atoms with Crippen LogP contribution in [0.15, 0.2) is 29.2 Å². The van der Waals surface area contributed by atoms with Gasteiger partial charge in [0.15, 0.2) is 4.90 Å². The van der Waals surface area contributed by atoms with Crippen LogP contribution in [0.25, 0.3) is 0 Å². The van der Waals surface area contributed by atoms with E-state index in [1.54, 1.807) is 0 Å². The lowest BCUT2D eigenvalue weighted by Gasteiger charge is -2.35. The second-order valence-electron chi connectivity index (χ2n) is 5.38. The van der Waals surface area contributed by atoms with Gasteiger partial charge in [-0.25, -0.2) is 13.1 Å². The molecule has 0 amide bonds. The van der Waals surface area contributed by atoms with Crippen molar-refractivity contribution >= 4 is 15.7 Å². The highest BCUT2D eigenvalue weighted by atomic mass is 32.2. The first-order valence-corrected chi connectivity index (χ1v) is 8.30. The van der Waals surface area contributed by atoms with Gasteiger partial charge in [-0.15, -0.1) is 0 Å². The number of nitrogens with zero attached hydrogens (tertiary/aromatic N) is 1. The number of benzene rings is 1. The fraction of sp³-hybridized carbons (Fsp3) is 0.538. The molecule has 3 atom stereocenters. The molecule has 0 aromatic heterocycles. The maximum absolute atomic E-state index is 12.5. The van der Waals surface area contributed by atoms with Gasteiger partial charge in [-0.2, -0.15) is 0 Å². The maximum atomic E-state index is 12.5. The lowest BCUT2D eigenvalue weighted by atomic mass is 9.90. The Morgan fingerprint density at radius 2 is 2.00 bits per heavy atom. The summed E-state index contributed by atoms with van der Waals surface area (Å²) in [6.45, 7) is 4.72. The predicted octanol–water partition coefficient (Wildman–Crippen LogP) is 1.26. The van der Waals surface area contributed by atoms with E-state index in [4.69, 9.17) is 0 Å². The normalized spacial score (nSPS) is 26.5. The zero-order valence-corrected chi connectivity index (χ0v) is 12.8. The third-order valence-electron chi connectivity index (χ3n) is 3.86. The molecule has 1 aromatic carbocycles. The molecule has 0 aliphatic carbocycles. The van der Waals surface area contributed by atoms with Crippen molar-refractivity contribution in [1.82, 2.24) is 10.0 Å².